The average Bonchev–Trinajstić information content (AvgIpc) is 3.22. The van der Waals surface area contributed by atoms with Gasteiger partial charge < -0.3 is 4.74 Å². The minimum absolute atomic E-state index is 0.172. The van der Waals surface area contributed by atoms with Crippen LogP contribution in [0.5, 0.6) is 0 Å². The van der Waals surface area contributed by atoms with Gasteiger partial charge in [-0.2, -0.15) is 0 Å². The summed E-state index contributed by atoms with van der Waals surface area (Å²) in [5.41, 5.74) is -0.573. The number of pyridine rings is 1. The molecule has 1 aromatic heterocycles. The van der Waals surface area contributed by atoms with E-state index < -0.39 is 5.54 Å². The summed E-state index contributed by atoms with van der Waals surface area (Å²) in [7, 11) is 1.45. The molecule has 1 saturated carbocycles. The second-order valence-electron chi connectivity index (χ2n) is 5.02. The van der Waals surface area contributed by atoms with Crippen molar-refractivity contribution in [2.45, 2.75) is 42.7 Å². The van der Waals surface area contributed by atoms with E-state index in [1.807, 2.05) is 19.1 Å². The van der Waals surface area contributed by atoms with E-state index in [1.54, 1.807) is 24.2 Å². The van der Waals surface area contributed by atoms with Crippen molar-refractivity contribution in [3.05, 3.63) is 24.5 Å². The van der Waals surface area contributed by atoms with Crippen LogP contribution in [-0.2, 0) is 9.53 Å². The van der Waals surface area contributed by atoms with Crippen LogP contribution in [0.25, 0.3) is 0 Å². The Hall–Kier alpha value is -1.07. The predicted octanol–water partition coefficient (Wildman–Crippen LogP) is 2.25. The molecular formula is C14H20N2O2S. The van der Waals surface area contributed by atoms with Crippen LogP contribution in [-0.4, -0.2) is 35.4 Å². The number of esters is 1. The highest BCUT2D eigenvalue weighted by atomic mass is 32.2. The van der Waals surface area contributed by atoms with Gasteiger partial charge in [-0.05, 0) is 38.3 Å². The first-order valence-corrected chi connectivity index (χ1v) is 7.51. The van der Waals surface area contributed by atoms with Gasteiger partial charge in [0.1, 0.15) is 5.54 Å². The zero-order valence-corrected chi connectivity index (χ0v) is 12.2. The molecule has 1 atom stereocenters. The molecule has 1 N–H and O–H groups in total. The number of methoxy groups -OCH3 is 1. The quantitative estimate of drug-likeness (QED) is 0.613. The summed E-state index contributed by atoms with van der Waals surface area (Å²) in [6.45, 7) is 1.93. The lowest BCUT2D eigenvalue weighted by Crippen LogP contribution is -2.51. The lowest BCUT2D eigenvalue weighted by Gasteiger charge is -2.28. The van der Waals surface area contributed by atoms with Crippen LogP contribution < -0.4 is 5.32 Å². The molecule has 104 valence electrons. The molecule has 1 unspecified atom stereocenters. The molecule has 1 fully saturated rings. The van der Waals surface area contributed by atoms with Crippen molar-refractivity contribution in [1.82, 2.24) is 10.3 Å². The SMILES string of the molecule is COC(=O)C(C)(CCSc1ccncc1)NC1CC1. The lowest BCUT2D eigenvalue weighted by molar-refractivity contribution is -0.148. The molecule has 1 aromatic rings. The van der Waals surface area contributed by atoms with E-state index in [4.69, 9.17) is 4.74 Å². The second-order valence-corrected chi connectivity index (χ2v) is 6.19. The first-order valence-electron chi connectivity index (χ1n) is 6.53. The fraction of sp³-hybridized carbons (Fsp3) is 0.571. The number of aromatic nitrogens is 1. The van der Waals surface area contributed by atoms with Crippen molar-refractivity contribution in [2.75, 3.05) is 12.9 Å². The molecule has 5 heteroatoms. The van der Waals surface area contributed by atoms with Crippen LogP contribution >= 0.6 is 11.8 Å². The number of carbonyl (C=O) groups is 1. The number of thioether (sulfide) groups is 1. The average molecular weight is 280 g/mol. The third-order valence-corrected chi connectivity index (χ3v) is 4.27. The first kappa shape index (κ1) is 14.3. The standard InChI is InChI=1S/C14H20N2O2S/c1-14(13(17)18-2,16-11-3-4-11)7-10-19-12-5-8-15-9-6-12/h5-6,8-9,11,16H,3-4,7,10H2,1-2H3. The van der Waals surface area contributed by atoms with Gasteiger partial charge in [0.2, 0.25) is 0 Å². The summed E-state index contributed by atoms with van der Waals surface area (Å²) < 4.78 is 4.93. The minimum Gasteiger partial charge on any atom is -0.468 e. The number of rotatable bonds is 7. The Bertz CT molecular complexity index is 423. The highest BCUT2D eigenvalue weighted by Gasteiger charge is 2.38. The van der Waals surface area contributed by atoms with Gasteiger partial charge in [-0.1, -0.05) is 0 Å². The second kappa shape index (κ2) is 6.39. The highest BCUT2D eigenvalue weighted by molar-refractivity contribution is 7.99. The van der Waals surface area contributed by atoms with Gasteiger partial charge in [-0.25, -0.2) is 0 Å². The van der Waals surface area contributed by atoms with Crippen LogP contribution in [0, 0.1) is 0 Å². The number of carbonyl (C=O) groups excluding carboxylic acids is 1. The third-order valence-electron chi connectivity index (χ3n) is 3.26. The zero-order valence-electron chi connectivity index (χ0n) is 11.4. The van der Waals surface area contributed by atoms with Gasteiger partial charge in [0.25, 0.3) is 0 Å². The van der Waals surface area contributed by atoms with Gasteiger partial charge in [-0.15, -0.1) is 11.8 Å². The number of hydrogen-bond donors (Lipinski definition) is 1. The Morgan fingerprint density at radius 1 is 1.53 bits per heavy atom. The maximum absolute atomic E-state index is 11.9. The van der Waals surface area contributed by atoms with Crippen LogP contribution in [0.2, 0.25) is 0 Å². The fourth-order valence-electron chi connectivity index (χ4n) is 1.94. The summed E-state index contributed by atoms with van der Waals surface area (Å²) in [6, 6.07) is 4.44. The zero-order chi connectivity index (χ0) is 13.7. The minimum atomic E-state index is -0.573. The summed E-state index contributed by atoms with van der Waals surface area (Å²) in [6.07, 6.45) is 6.63. The molecule has 0 amide bonds. The molecule has 1 aliphatic rings. The summed E-state index contributed by atoms with van der Waals surface area (Å²) in [5.74, 6) is 0.699. The van der Waals surface area contributed by atoms with Crippen LogP contribution in [0.1, 0.15) is 26.2 Å². The lowest BCUT2D eigenvalue weighted by atomic mass is 9.99. The smallest absolute Gasteiger partial charge is 0.325 e. The topological polar surface area (TPSA) is 51.2 Å². The molecule has 0 aromatic carbocycles. The van der Waals surface area contributed by atoms with E-state index in [0.29, 0.717) is 6.04 Å². The van der Waals surface area contributed by atoms with Gasteiger partial charge in [0, 0.05) is 29.1 Å². The molecule has 0 spiro atoms. The monoisotopic (exact) mass is 280 g/mol. The van der Waals surface area contributed by atoms with Gasteiger partial charge in [0.05, 0.1) is 7.11 Å². The molecule has 1 aliphatic carbocycles. The van der Waals surface area contributed by atoms with E-state index in [1.165, 1.54) is 12.0 Å². The first-order chi connectivity index (χ1) is 9.14. The Balaban J connectivity index is 1.87. The van der Waals surface area contributed by atoms with E-state index in [0.717, 1.165) is 25.0 Å². The highest BCUT2D eigenvalue weighted by Crippen LogP contribution is 2.27. The maximum atomic E-state index is 11.9. The largest absolute Gasteiger partial charge is 0.468 e. The Labute approximate surface area is 118 Å². The molecule has 1 heterocycles. The van der Waals surface area contributed by atoms with Crippen molar-refractivity contribution in [3.63, 3.8) is 0 Å². The molecule has 0 radical (unpaired) electrons. The predicted molar refractivity (Wildman–Crippen MR) is 76.2 cm³/mol. The van der Waals surface area contributed by atoms with Gasteiger partial charge in [0.15, 0.2) is 0 Å². The number of nitrogens with one attached hydrogen (secondary N) is 1. The molecule has 4 nitrogen and oxygen atoms in total. The third kappa shape index (κ3) is 4.21. The number of hydrogen-bond acceptors (Lipinski definition) is 5. The Kier molecular flexibility index (Phi) is 4.82. The van der Waals surface area contributed by atoms with Crippen molar-refractivity contribution in [3.8, 4) is 0 Å². The molecule has 0 bridgehead atoms. The van der Waals surface area contributed by atoms with Crippen LogP contribution in [0.3, 0.4) is 0 Å². The van der Waals surface area contributed by atoms with E-state index in [9.17, 15) is 4.79 Å². The van der Waals surface area contributed by atoms with Crippen molar-refractivity contribution >= 4 is 17.7 Å². The number of ether oxygens (including phenoxy) is 1. The molecule has 19 heavy (non-hydrogen) atoms. The van der Waals surface area contributed by atoms with E-state index in [2.05, 4.69) is 10.3 Å². The number of nitrogens with zero attached hydrogens (tertiary/aromatic N) is 1. The summed E-state index contributed by atoms with van der Waals surface area (Å²) in [4.78, 5) is 17.1. The fourth-order valence-corrected chi connectivity index (χ4v) is 3.00. The molecular weight excluding hydrogens is 260 g/mol. The van der Waals surface area contributed by atoms with Crippen molar-refractivity contribution in [1.29, 1.82) is 0 Å². The van der Waals surface area contributed by atoms with Gasteiger partial charge in [-0.3, -0.25) is 15.1 Å². The Morgan fingerprint density at radius 2 is 2.21 bits per heavy atom. The van der Waals surface area contributed by atoms with Crippen LogP contribution in [0.15, 0.2) is 29.4 Å². The van der Waals surface area contributed by atoms with Crippen molar-refractivity contribution < 1.29 is 9.53 Å². The van der Waals surface area contributed by atoms with Gasteiger partial charge >= 0.3 is 5.97 Å². The van der Waals surface area contributed by atoms with Crippen molar-refractivity contribution in [2.24, 2.45) is 0 Å². The molecule has 0 saturated heterocycles. The Morgan fingerprint density at radius 3 is 2.79 bits per heavy atom. The maximum Gasteiger partial charge on any atom is 0.325 e. The normalized spacial score (nSPS) is 17.8. The molecule has 2 rings (SSSR count). The summed E-state index contributed by atoms with van der Waals surface area (Å²) >= 11 is 1.73. The van der Waals surface area contributed by atoms with E-state index in [-0.39, 0.29) is 5.97 Å². The van der Waals surface area contributed by atoms with Crippen LogP contribution in [0.4, 0.5) is 0 Å². The molecule has 0 aliphatic heterocycles. The summed E-state index contributed by atoms with van der Waals surface area (Å²) in [5, 5.41) is 3.40. The van der Waals surface area contributed by atoms with E-state index >= 15 is 0 Å².